The topological polar surface area (TPSA) is 59.3 Å². The summed E-state index contributed by atoms with van der Waals surface area (Å²) >= 11 is 0. The van der Waals surface area contributed by atoms with Gasteiger partial charge in [-0.1, -0.05) is 42.2 Å². The first kappa shape index (κ1) is 17.1. The van der Waals surface area contributed by atoms with Crippen LogP contribution >= 0.6 is 0 Å². The van der Waals surface area contributed by atoms with Gasteiger partial charge in [-0.3, -0.25) is 4.79 Å². The molecule has 120 valence electrons. The van der Waals surface area contributed by atoms with Gasteiger partial charge >= 0.3 is 5.97 Å². The molecule has 0 aliphatic carbocycles. The number of rotatable bonds is 5. The molecule has 0 aliphatic rings. The number of carbonyl (C=O) groups is 1. The molecule has 0 spiro atoms. The van der Waals surface area contributed by atoms with E-state index in [9.17, 15) is 10.1 Å². The Kier molecular flexibility index (Phi) is 6.44. The van der Waals surface area contributed by atoms with E-state index in [2.05, 4.69) is 17.9 Å². The Morgan fingerprint density at radius 2 is 1.96 bits per heavy atom. The predicted molar refractivity (Wildman–Crippen MR) is 90.1 cm³/mol. The molecule has 0 bridgehead atoms. The normalized spacial score (nSPS) is 9.33. The van der Waals surface area contributed by atoms with Gasteiger partial charge in [0.05, 0.1) is 12.2 Å². The quantitative estimate of drug-likeness (QED) is 0.625. The fraction of sp³-hybridized carbons (Fsp3) is 0.200. The van der Waals surface area contributed by atoms with Crippen molar-refractivity contribution in [2.75, 3.05) is 6.61 Å². The average Bonchev–Trinajstić information content (AvgIpc) is 2.61. The third kappa shape index (κ3) is 5.19. The second kappa shape index (κ2) is 9.02. The molecule has 2 aromatic carbocycles. The van der Waals surface area contributed by atoms with Crippen molar-refractivity contribution in [1.29, 1.82) is 5.26 Å². The molecule has 4 nitrogen and oxygen atoms in total. The Morgan fingerprint density at radius 1 is 1.17 bits per heavy atom. The van der Waals surface area contributed by atoms with Crippen LogP contribution in [0.25, 0.3) is 0 Å². The van der Waals surface area contributed by atoms with Crippen LogP contribution in [0.15, 0.2) is 48.5 Å². The lowest BCUT2D eigenvalue weighted by Gasteiger charge is -2.08. The fourth-order valence-electron chi connectivity index (χ4n) is 1.98. The van der Waals surface area contributed by atoms with Gasteiger partial charge in [0, 0.05) is 5.56 Å². The molecule has 0 atom stereocenters. The van der Waals surface area contributed by atoms with Crippen LogP contribution in [0, 0.1) is 23.2 Å². The monoisotopic (exact) mass is 319 g/mol. The lowest BCUT2D eigenvalue weighted by Crippen LogP contribution is -2.01. The summed E-state index contributed by atoms with van der Waals surface area (Å²) in [7, 11) is 0. The highest BCUT2D eigenvalue weighted by atomic mass is 16.5. The molecule has 0 unspecified atom stereocenters. The molecule has 0 heterocycles. The molecule has 2 aromatic rings. The maximum absolute atomic E-state index is 11.3. The summed E-state index contributed by atoms with van der Waals surface area (Å²) in [5.74, 6) is 5.77. The number of benzene rings is 2. The smallest absolute Gasteiger partial charge is 0.317 e. The summed E-state index contributed by atoms with van der Waals surface area (Å²) in [5, 5.41) is 9.19. The molecule has 0 N–H and O–H groups in total. The minimum absolute atomic E-state index is 0.0358. The zero-order chi connectivity index (χ0) is 17.2. The Bertz CT molecular complexity index is 795. The molecule has 0 aliphatic heterocycles. The van der Waals surface area contributed by atoms with Crippen LogP contribution in [0.5, 0.6) is 5.75 Å². The van der Waals surface area contributed by atoms with E-state index in [1.54, 1.807) is 25.1 Å². The first-order chi connectivity index (χ1) is 11.7. The zero-order valence-electron chi connectivity index (χ0n) is 13.4. The molecule has 0 radical (unpaired) electrons. The van der Waals surface area contributed by atoms with E-state index in [0.717, 1.165) is 5.56 Å². The maximum atomic E-state index is 11.3. The Hall–Kier alpha value is -3.24. The molecule has 0 saturated heterocycles. The van der Waals surface area contributed by atoms with Crippen LogP contribution in [0.4, 0.5) is 0 Å². The average molecular weight is 319 g/mol. The van der Waals surface area contributed by atoms with Crippen molar-refractivity contribution < 1.29 is 14.3 Å². The van der Waals surface area contributed by atoms with E-state index in [1.165, 1.54) is 0 Å². The van der Waals surface area contributed by atoms with Crippen LogP contribution in [-0.2, 0) is 16.1 Å². The summed E-state index contributed by atoms with van der Waals surface area (Å²) in [6.45, 7) is 2.46. The fourth-order valence-corrected chi connectivity index (χ4v) is 1.98. The van der Waals surface area contributed by atoms with E-state index in [4.69, 9.17) is 9.47 Å². The van der Waals surface area contributed by atoms with Gasteiger partial charge in [0.25, 0.3) is 0 Å². The van der Waals surface area contributed by atoms with Gasteiger partial charge in [0.15, 0.2) is 0 Å². The molecule has 0 saturated carbocycles. The molecule has 2 rings (SSSR count). The Balaban J connectivity index is 2.08. The van der Waals surface area contributed by atoms with E-state index in [0.29, 0.717) is 30.1 Å². The zero-order valence-corrected chi connectivity index (χ0v) is 13.4. The standard InChI is InChI=1S/C20H17NO3/c1-2-23-20(22)10-6-9-16-11-12-18(14-21)19(13-16)24-15-17-7-4-3-5-8-17/h3-5,7-8,11-13H,2,10,15H2,1H3. The van der Waals surface area contributed by atoms with Crippen LogP contribution < -0.4 is 4.74 Å². The van der Waals surface area contributed by atoms with E-state index >= 15 is 0 Å². The van der Waals surface area contributed by atoms with Gasteiger partial charge < -0.3 is 9.47 Å². The van der Waals surface area contributed by atoms with Crippen molar-refractivity contribution in [3.63, 3.8) is 0 Å². The van der Waals surface area contributed by atoms with Crippen molar-refractivity contribution in [2.45, 2.75) is 20.0 Å². The largest absolute Gasteiger partial charge is 0.487 e. The summed E-state index contributed by atoms with van der Waals surface area (Å²) in [6.07, 6.45) is 0.0358. The van der Waals surface area contributed by atoms with Crippen molar-refractivity contribution in [3.05, 3.63) is 65.2 Å². The lowest BCUT2D eigenvalue weighted by molar-refractivity contribution is -0.141. The number of carbonyl (C=O) groups excluding carboxylic acids is 1. The van der Waals surface area contributed by atoms with Gasteiger partial charge in [0.1, 0.15) is 24.8 Å². The van der Waals surface area contributed by atoms with Gasteiger partial charge in [-0.05, 0) is 30.7 Å². The van der Waals surface area contributed by atoms with Crippen molar-refractivity contribution in [1.82, 2.24) is 0 Å². The number of hydrogen-bond acceptors (Lipinski definition) is 4. The number of nitrogens with zero attached hydrogens (tertiary/aromatic N) is 1. The molecule has 0 amide bonds. The van der Waals surface area contributed by atoms with Crippen molar-refractivity contribution >= 4 is 5.97 Å². The van der Waals surface area contributed by atoms with Crippen LogP contribution in [0.2, 0.25) is 0 Å². The Morgan fingerprint density at radius 3 is 2.67 bits per heavy atom. The molecule has 4 heteroatoms. The summed E-state index contributed by atoms with van der Waals surface area (Å²) in [4.78, 5) is 11.3. The van der Waals surface area contributed by atoms with Gasteiger partial charge in [-0.25, -0.2) is 0 Å². The highest BCUT2D eigenvalue weighted by Gasteiger charge is 2.05. The number of ether oxygens (including phenoxy) is 2. The lowest BCUT2D eigenvalue weighted by atomic mass is 10.1. The minimum Gasteiger partial charge on any atom is -0.487 e. The summed E-state index contributed by atoms with van der Waals surface area (Å²) in [5.41, 5.74) is 2.14. The second-order valence-electron chi connectivity index (χ2n) is 4.88. The highest BCUT2D eigenvalue weighted by Crippen LogP contribution is 2.20. The molecular formula is C20H17NO3. The van der Waals surface area contributed by atoms with Gasteiger partial charge in [-0.2, -0.15) is 5.26 Å². The van der Waals surface area contributed by atoms with Gasteiger partial charge in [-0.15, -0.1) is 0 Å². The van der Waals surface area contributed by atoms with Crippen LogP contribution in [0.3, 0.4) is 0 Å². The molecule has 0 fully saturated rings. The third-order valence-electron chi connectivity index (χ3n) is 3.11. The number of esters is 1. The third-order valence-corrected chi connectivity index (χ3v) is 3.11. The molecule has 24 heavy (non-hydrogen) atoms. The second-order valence-corrected chi connectivity index (χ2v) is 4.88. The number of nitriles is 1. The Labute approximate surface area is 141 Å². The number of hydrogen-bond donors (Lipinski definition) is 0. The predicted octanol–water partition coefficient (Wildman–Crippen LogP) is 3.44. The van der Waals surface area contributed by atoms with E-state index in [-0.39, 0.29) is 12.4 Å². The first-order valence-corrected chi connectivity index (χ1v) is 7.58. The SMILES string of the molecule is CCOC(=O)CC#Cc1ccc(C#N)c(OCc2ccccc2)c1. The van der Waals surface area contributed by atoms with Gasteiger partial charge in [0.2, 0.25) is 0 Å². The maximum Gasteiger partial charge on any atom is 0.317 e. The molecule has 0 aromatic heterocycles. The minimum atomic E-state index is -0.348. The molecular weight excluding hydrogens is 302 g/mol. The van der Waals surface area contributed by atoms with Crippen molar-refractivity contribution in [3.8, 4) is 23.7 Å². The summed E-state index contributed by atoms with van der Waals surface area (Å²) < 4.78 is 10.6. The first-order valence-electron chi connectivity index (χ1n) is 7.58. The summed E-state index contributed by atoms with van der Waals surface area (Å²) in [6, 6.07) is 16.9. The van der Waals surface area contributed by atoms with E-state index in [1.807, 2.05) is 30.3 Å². The van der Waals surface area contributed by atoms with E-state index < -0.39 is 0 Å². The van der Waals surface area contributed by atoms with Crippen LogP contribution in [-0.4, -0.2) is 12.6 Å². The van der Waals surface area contributed by atoms with Crippen LogP contribution in [0.1, 0.15) is 30.0 Å². The highest BCUT2D eigenvalue weighted by molar-refractivity contribution is 5.72. The van der Waals surface area contributed by atoms with Crippen molar-refractivity contribution in [2.24, 2.45) is 0 Å².